The number of amides is 1. The Balaban J connectivity index is 1.96. The monoisotopic (exact) mass is 391 g/mol. The number of aryl methyl sites for hydroxylation is 2. The van der Waals surface area contributed by atoms with Crippen LogP contribution >= 0.6 is 23.1 Å². The van der Waals surface area contributed by atoms with Crippen LogP contribution < -0.4 is 10.9 Å². The van der Waals surface area contributed by atoms with Gasteiger partial charge in [0.2, 0.25) is 5.91 Å². The molecule has 1 aliphatic carbocycles. The van der Waals surface area contributed by atoms with E-state index in [0.29, 0.717) is 18.3 Å². The molecule has 1 N–H and O–H groups in total. The molecule has 1 amide bonds. The van der Waals surface area contributed by atoms with E-state index in [-0.39, 0.29) is 23.8 Å². The molecule has 2 heterocycles. The van der Waals surface area contributed by atoms with Crippen molar-refractivity contribution in [2.45, 2.75) is 37.4 Å². The first-order valence-electron chi connectivity index (χ1n) is 8.52. The van der Waals surface area contributed by atoms with Crippen LogP contribution in [0.1, 0.15) is 23.3 Å². The van der Waals surface area contributed by atoms with Gasteiger partial charge >= 0.3 is 0 Å². The van der Waals surface area contributed by atoms with Gasteiger partial charge in [-0.1, -0.05) is 17.7 Å². The molecular weight excluding hydrogens is 370 g/mol. The van der Waals surface area contributed by atoms with E-state index < -0.39 is 0 Å². The molecule has 0 aromatic carbocycles. The fraction of sp³-hybridized carbons (Fsp3) is 0.500. The van der Waals surface area contributed by atoms with E-state index >= 15 is 0 Å². The van der Waals surface area contributed by atoms with Crippen molar-refractivity contribution in [1.82, 2.24) is 14.9 Å². The first-order chi connectivity index (χ1) is 12.7. The number of thiophene rings is 1. The summed E-state index contributed by atoms with van der Waals surface area (Å²) in [4.78, 5) is 31.8. The highest BCUT2D eigenvalue weighted by molar-refractivity contribution is 7.99. The lowest BCUT2D eigenvalue weighted by Gasteiger charge is -2.13. The number of terminal acetylenes is 1. The number of fused-ring (bicyclic) bond motifs is 3. The minimum Gasteiger partial charge on any atom is -0.383 e. The Morgan fingerprint density at radius 2 is 2.27 bits per heavy atom. The zero-order chi connectivity index (χ0) is 18.5. The fourth-order valence-electron chi connectivity index (χ4n) is 3.04. The summed E-state index contributed by atoms with van der Waals surface area (Å²) >= 11 is 2.87. The summed E-state index contributed by atoms with van der Waals surface area (Å²) in [6, 6.07) is 0. The first-order valence-corrected chi connectivity index (χ1v) is 10.3. The molecule has 3 rings (SSSR count). The Kier molecular flexibility index (Phi) is 6.35. The minimum atomic E-state index is -0.175. The highest BCUT2D eigenvalue weighted by Crippen LogP contribution is 2.34. The number of aromatic nitrogens is 2. The molecule has 0 bridgehead atoms. The van der Waals surface area contributed by atoms with Crippen molar-refractivity contribution < 1.29 is 9.53 Å². The maximum atomic E-state index is 13.1. The van der Waals surface area contributed by atoms with Crippen LogP contribution in [0.2, 0.25) is 0 Å². The average molecular weight is 392 g/mol. The number of nitrogens with one attached hydrogen (secondary N) is 1. The van der Waals surface area contributed by atoms with Crippen LogP contribution in [-0.4, -0.2) is 41.5 Å². The van der Waals surface area contributed by atoms with Gasteiger partial charge in [0, 0.05) is 12.0 Å². The molecule has 8 heteroatoms. The maximum absolute atomic E-state index is 13.1. The molecular formula is C18H21N3O3S2. The van der Waals surface area contributed by atoms with E-state index in [1.165, 1.54) is 22.2 Å². The number of thioether (sulfide) groups is 1. The molecule has 0 aliphatic heterocycles. The summed E-state index contributed by atoms with van der Waals surface area (Å²) in [5.41, 5.74) is 1.14. The van der Waals surface area contributed by atoms with Crippen LogP contribution in [0, 0.1) is 12.3 Å². The lowest BCUT2D eigenvalue weighted by molar-refractivity contribution is -0.118. The second-order valence-corrected chi connectivity index (χ2v) is 8.03. The van der Waals surface area contributed by atoms with Crippen molar-refractivity contribution in [3.63, 3.8) is 0 Å². The second kappa shape index (κ2) is 8.71. The third kappa shape index (κ3) is 3.95. The summed E-state index contributed by atoms with van der Waals surface area (Å²) in [6.07, 6.45) is 9.39. The predicted molar refractivity (Wildman–Crippen MR) is 105 cm³/mol. The van der Waals surface area contributed by atoms with Gasteiger partial charge < -0.3 is 10.1 Å². The van der Waals surface area contributed by atoms with Crippen LogP contribution in [0.15, 0.2) is 9.95 Å². The zero-order valence-corrected chi connectivity index (χ0v) is 16.3. The quantitative estimate of drug-likeness (QED) is 0.443. The lowest BCUT2D eigenvalue weighted by atomic mass is 9.97. The summed E-state index contributed by atoms with van der Waals surface area (Å²) in [7, 11) is 1.60. The fourth-order valence-corrected chi connectivity index (χ4v) is 5.20. The molecule has 0 radical (unpaired) electrons. The molecule has 0 saturated heterocycles. The van der Waals surface area contributed by atoms with Crippen LogP contribution in [-0.2, 0) is 28.9 Å². The predicted octanol–water partition coefficient (Wildman–Crippen LogP) is 1.82. The van der Waals surface area contributed by atoms with Gasteiger partial charge in [-0.25, -0.2) is 4.98 Å². The van der Waals surface area contributed by atoms with Crippen LogP contribution in [0.4, 0.5) is 0 Å². The van der Waals surface area contributed by atoms with Crippen molar-refractivity contribution in [3.8, 4) is 12.3 Å². The number of carbonyl (C=O) groups excluding carboxylic acids is 1. The summed E-state index contributed by atoms with van der Waals surface area (Å²) in [5, 5.41) is 3.93. The Morgan fingerprint density at radius 1 is 1.46 bits per heavy atom. The normalized spacial score (nSPS) is 13.4. The van der Waals surface area contributed by atoms with Crippen molar-refractivity contribution in [2.24, 2.45) is 0 Å². The second-order valence-electron chi connectivity index (χ2n) is 6.00. The molecule has 6 nitrogen and oxygen atoms in total. The standard InChI is InChI=1S/C18H21N3O3S2/c1-3-8-19-14(22)11-25-18-20-16-15(17(23)21(18)9-10-24-2)12-6-4-5-7-13(12)26-16/h1H,4-11H2,2H3,(H,19,22). The van der Waals surface area contributed by atoms with Crippen LogP contribution in [0.5, 0.6) is 0 Å². The Morgan fingerprint density at radius 3 is 3.04 bits per heavy atom. The number of hydrogen-bond donors (Lipinski definition) is 1. The average Bonchev–Trinajstić information content (AvgIpc) is 3.02. The molecule has 0 saturated carbocycles. The van der Waals surface area contributed by atoms with E-state index in [1.54, 1.807) is 23.0 Å². The van der Waals surface area contributed by atoms with E-state index in [0.717, 1.165) is 35.9 Å². The molecule has 0 atom stereocenters. The lowest BCUT2D eigenvalue weighted by Crippen LogP contribution is -2.28. The van der Waals surface area contributed by atoms with E-state index in [4.69, 9.17) is 16.1 Å². The van der Waals surface area contributed by atoms with Gasteiger partial charge in [-0.15, -0.1) is 17.8 Å². The van der Waals surface area contributed by atoms with Gasteiger partial charge in [-0.2, -0.15) is 0 Å². The van der Waals surface area contributed by atoms with E-state index in [1.807, 2.05) is 0 Å². The van der Waals surface area contributed by atoms with Crippen LogP contribution in [0.3, 0.4) is 0 Å². The molecule has 0 fully saturated rings. The summed E-state index contributed by atoms with van der Waals surface area (Å²) in [6.45, 7) is 1.02. The number of rotatable bonds is 7. The summed E-state index contributed by atoms with van der Waals surface area (Å²) < 4.78 is 6.78. The smallest absolute Gasteiger partial charge is 0.263 e. The Labute approximate surface area is 160 Å². The van der Waals surface area contributed by atoms with Crippen LogP contribution in [0.25, 0.3) is 10.2 Å². The molecule has 0 spiro atoms. The molecule has 1 aliphatic rings. The number of hydrogen-bond acceptors (Lipinski definition) is 6. The third-order valence-corrected chi connectivity index (χ3v) is 6.44. The molecule has 0 unspecified atom stereocenters. The molecule has 2 aromatic rings. The van der Waals surface area contributed by atoms with Gasteiger partial charge in [0.05, 0.1) is 30.8 Å². The summed E-state index contributed by atoms with van der Waals surface area (Å²) in [5.74, 6) is 2.36. The Hall–Kier alpha value is -1.82. The van der Waals surface area contributed by atoms with Gasteiger partial charge in [-0.05, 0) is 31.2 Å². The van der Waals surface area contributed by atoms with Gasteiger partial charge in [0.15, 0.2) is 5.16 Å². The van der Waals surface area contributed by atoms with Gasteiger partial charge in [-0.3, -0.25) is 14.2 Å². The Bertz CT molecular complexity index is 911. The van der Waals surface area contributed by atoms with Crippen molar-refractivity contribution in [2.75, 3.05) is 26.0 Å². The number of methoxy groups -OCH3 is 1. The number of carbonyl (C=O) groups is 1. The SMILES string of the molecule is C#CCNC(=O)CSc1nc2sc3c(c2c(=O)n1CCOC)CCCC3. The maximum Gasteiger partial charge on any atom is 0.263 e. The molecule has 2 aromatic heterocycles. The molecule has 138 valence electrons. The number of nitrogens with zero attached hydrogens (tertiary/aromatic N) is 2. The zero-order valence-electron chi connectivity index (χ0n) is 14.7. The largest absolute Gasteiger partial charge is 0.383 e. The molecule has 26 heavy (non-hydrogen) atoms. The van der Waals surface area contributed by atoms with E-state index in [9.17, 15) is 9.59 Å². The number of ether oxygens (including phenoxy) is 1. The van der Waals surface area contributed by atoms with Gasteiger partial charge in [0.1, 0.15) is 4.83 Å². The third-order valence-electron chi connectivity index (χ3n) is 4.28. The minimum absolute atomic E-state index is 0.0296. The van der Waals surface area contributed by atoms with Crippen molar-refractivity contribution >= 4 is 39.2 Å². The topological polar surface area (TPSA) is 73.2 Å². The highest BCUT2D eigenvalue weighted by atomic mass is 32.2. The first kappa shape index (κ1) is 19.0. The van der Waals surface area contributed by atoms with Crippen molar-refractivity contribution in [3.05, 3.63) is 20.8 Å². The van der Waals surface area contributed by atoms with Crippen molar-refractivity contribution in [1.29, 1.82) is 0 Å². The van der Waals surface area contributed by atoms with E-state index in [2.05, 4.69) is 11.2 Å². The highest BCUT2D eigenvalue weighted by Gasteiger charge is 2.22. The van der Waals surface area contributed by atoms with Gasteiger partial charge in [0.25, 0.3) is 5.56 Å².